The number of ketones is 2. The van der Waals surface area contributed by atoms with Gasteiger partial charge in [-0.15, -0.1) is 0 Å². The highest BCUT2D eigenvalue weighted by atomic mass is 35.5. The Bertz CT molecular complexity index is 1940. The number of aromatic amines is 1. The molecule has 0 saturated heterocycles. The first-order valence-corrected chi connectivity index (χ1v) is 14.9. The Morgan fingerprint density at radius 2 is 1.88 bits per heavy atom. The number of H-pyrrole nitrogens is 1. The molecule has 1 aliphatic carbocycles. The summed E-state index contributed by atoms with van der Waals surface area (Å²) in [6.45, 7) is 9.66. The van der Waals surface area contributed by atoms with Crippen molar-refractivity contribution in [1.29, 1.82) is 0 Å². The van der Waals surface area contributed by atoms with Crippen LogP contribution in [-0.2, 0) is 5.41 Å². The number of aryl methyl sites for hydroxylation is 1. The van der Waals surface area contributed by atoms with Crippen molar-refractivity contribution in [3.8, 4) is 22.5 Å². The van der Waals surface area contributed by atoms with Gasteiger partial charge in [-0.2, -0.15) is 5.10 Å². The molecule has 0 unspecified atom stereocenters. The first kappa shape index (κ1) is 28.6. The van der Waals surface area contributed by atoms with Crippen LogP contribution < -0.4 is 0 Å². The third kappa shape index (κ3) is 5.28. The van der Waals surface area contributed by atoms with Crippen molar-refractivity contribution in [3.63, 3.8) is 0 Å². The molecule has 0 aliphatic heterocycles. The molecule has 1 aliphatic rings. The monoisotopic (exact) mass is 589 g/mol. The van der Waals surface area contributed by atoms with Crippen LogP contribution in [-0.4, -0.2) is 26.7 Å². The fourth-order valence-electron chi connectivity index (χ4n) is 5.68. The number of allylic oxidation sites excluding steroid dienone is 3. The molecule has 3 aromatic carbocycles. The van der Waals surface area contributed by atoms with Crippen LogP contribution in [0.5, 0.6) is 0 Å². The van der Waals surface area contributed by atoms with E-state index >= 15 is 0 Å². The van der Waals surface area contributed by atoms with Crippen LogP contribution in [0.25, 0.3) is 39.1 Å². The third-order valence-corrected chi connectivity index (χ3v) is 8.61. The van der Waals surface area contributed by atoms with Gasteiger partial charge in [0.1, 0.15) is 17.2 Å². The van der Waals surface area contributed by atoms with Crippen molar-refractivity contribution in [2.45, 2.75) is 51.9 Å². The van der Waals surface area contributed by atoms with E-state index in [0.717, 1.165) is 51.9 Å². The van der Waals surface area contributed by atoms with Crippen molar-refractivity contribution in [3.05, 3.63) is 113 Å². The van der Waals surface area contributed by atoms with Crippen molar-refractivity contribution in [1.82, 2.24) is 15.2 Å². The summed E-state index contributed by atoms with van der Waals surface area (Å²) >= 11 is 6.16. The lowest BCUT2D eigenvalue weighted by Gasteiger charge is -2.13. The molecule has 1 saturated carbocycles. The number of furan rings is 1. The maximum atomic E-state index is 13.7. The van der Waals surface area contributed by atoms with Crippen LogP contribution in [0.15, 0.2) is 83.8 Å². The summed E-state index contributed by atoms with van der Waals surface area (Å²) in [7, 11) is 0. The number of nitrogens with one attached hydrogen (secondary N) is 1. The average Bonchev–Trinajstić information content (AvgIpc) is 3.44. The number of hydrogen-bond acceptors (Lipinski definition) is 5. The minimum absolute atomic E-state index is 0.00779. The van der Waals surface area contributed by atoms with E-state index in [1.165, 1.54) is 0 Å². The summed E-state index contributed by atoms with van der Waals surface area (Å²) in [5.41, 5.74) is 6.00. The van der Waals surface area contributed by atoms with Gasteiger partial charge in [0.15, 0.2) is 17.4 Å². The van der Waals surface area contributed by atoms with Gasteiger partial charge in [-0.05, 0) is 73.7 Å². The Hall–Kier alpha value is -4.55. The van der Waals surface area contributed by atoms with Crippen molar-refractivity contribution in [2.75, 3.05) is 0 Å². The molecule has 0 bridgehead atoms. The molecule has 6 nitrogen and oxygen atoms in total. The van der Waals surface area contributed by atoms with E-state index in [1.54, 1.807) is 6.08 Å². The Morgan fingerprint density at radius 3 is 2.58 bits per heavy atom. The van der Waals surface area contributed by atoms with E-state index in [2.05, 4.69) is 16.8 Å². The second kappa shape index (κ2) is 11.3. The SMILES string of the molecule is C=C/C(=C\C)c1oc2ccc(-c3cc(C(=O)CC4(c5nc(-c6cccc(Cl)c6)n[nH]5)CC4)ccc3C)cc2c1C(=O)CC. The van der Waals surface area contributed by atoms with Crippen LogP contribution in [0.3, 0.4) is 0 Å². The van der Waals surface area contributed by atoms with E-state index in [9.17, 15) is 9.59 Å². The summed E-state index contributed by atoms with van der Waals surface area (Å²) in [6, 6.07) is 19.1. The molecule has 0 radical (unpaired) electrons. The molecular weight excluding hydrogens is 558 g/mol. The van der Waals surface area contributed by atoms with Gasteiger partial charge in [0, 0.05) is 45.4 Å². The number of carbonyl (C=O) groups is 2. The number of carbonyl (C=O) groups excluding carboxylic acids is 2. The fraction of sp³-hybridized carbons (Fsp3) is 0.222. The van der Waals surface area contributed by atoms with Crippen molar-refractivity contribution < 1.29 is 14.0 Å². The van der Waals surface area contributed by atoms with E-state index in [-0.39, 0.29) is 17.0 Å². The summed E-state index contributed by atoms with van der Waals surface area (Å²) in [6.07, 6.45) is 6.03. The number of aromatic nitrogens is 3. The van der Waals surface area contributed by atoms with E-state index in [1.807, 2.05) is 87.5 Å². The molecule has 1 N–H and O–H groups in total. The topological polar surface area (TPSA) is 88.8 Å². The van der Waals surface area contributed by atoms with Gasteiger partial charge in [-0.3, -0.25) is 14.7 Å². The van der Waals surface area contributed by atoms with Gasteiger partial charge in [0.25, 0.3) is 0 Å². The molecule has 1 fully saturated rings. The van der Waals surface area contributed by atoms with Crippen molar-refractivity contribution in [2.24, 2.45) is 0 Å². The summed E-state index contributed by atoms with van der Waals surface area (Å²) in [4.78, 5) is 31.5. The molecule has 216 valence electrons. The number of hydrogen-bond donors (Lipinski definition) is 1. The number of Topliss-reactive ketones (excluding diaryl/α,β-unsaturated/α-hetero) is 2. The molecular formula is C36H32ClN3O3. The molecule has 0 atom stereocenters. The number of fused-ring (bicyclic) bond motifs is 1. The zero-order valence-electron chi connectivity index (χ0n) is 24.5. The van der Waals surface area contributed by atoms with Gasteiger partial charge >= 0.3 is 0 Å². The normalized spacial score (nSPS) is 14.2. The van der Waals surface area contributed by atoms with E-state index < -0.39 is 0 Å². The highest BCUT2D eigenvalue weighted by molar-refractivity contribution is 6.30. The number of nitrogens with zero attached hydrogens (tertiary/aromatic N) is 2. The zero-order chi connectivity index (χ0) is 30.3. The molecule has 2 aromatic heterocycles. The largest absolute Gasteiger partial charge is 0.455 e. The first-order valence-electron chi connectivity index (χ1n) is 14.5. The van der Waals surface area contributed by atoms with Crippen LogP contribution in [0, 0.1) is 6.92 Å². The quantitative estimate of drug-likeness (QED) is 0.129. The molecule has 7 heteroatoms. The standard InChI is InChI=1S/C36H32ClN3O3/c1-5-22(6-2)33-32(29(41)7-3)28-18-23(13-14-31(28)43-33)27-19-24(12-11-21(27)4)30(42)20-36(15-16-36)35-38-34(39-40-35)25-9-8-10-26(37)17-25/h5-6,8-14,17-19H,1,7,15-16,20H2,2-4H3,(H,38,39,40)/b22-6+. The van der Waals surface area contributed by atoms with Crippen molar-refractivity contribution >= 4 is 39.7 Å². The summed E-state index contributed by atoms with van der Waals surface area (Å²) in [5, 5.41) is 8.87. The molecule has 6 rings (SSSR count). The second-order valence-corrected chi connectivity index (χ2v) is 11.6. The first-order chi connectivity index (χ1) is 20.8. The zero-order valence-corrected chi connectivity index (χ0v) is 25.2. The predicted molar refractivity (Wildman–Crippen MR) is 172 cm³/mol. The molecule has 43 heavy (non-hydrogen) atoms. The highest BCUT2D eigenvalue weighted by Gasteiger charge is 2.49. The lowest BCUT2D eigenvalue weighted by Crippen LogP contribution is -2.15. The Balaban J connectivity index is 1.31. The Morgan fingerprint density at radius 1 is 1.07 bits per heavy atom. The van der Waals surface area contributed by atoms with Gasteiger partial charge in [0.2, 0.25) is 0 Å². The Labute approximate surface area is 255 Å². The summed E-state index contributed by atoms with van der Waals surface area (Å²) < 4.78 is 6.15. The molecule has 5 aromatic rings. The van der Waals surface area contributed by atoms with Crippen LogP contribution >= 0.6 is 11.6 Å². The number of benzene rings is 3. The summed E-state index contributed by atoms with van der Waals surface area (Å²) in [5.74, 6) is 1.91. The number of halogens is 1. The van der Waals surface area contributed by atoms with E-state index in [0.29, 0.717) is 46.2 Å². The minimum Gasteiger partial charge on any atom is -0.455 e. The van der Waals surface area contributed by atoms with Crippen LogP contribution in [0.4, 0.5) is 0 Å². The minimum atomic E-state index is -0.344. The van der Waals surface area contributed by atoms with Gasteiger partial charge < -0.3 is 4.42 Å². The fourth-order valence-corrected chi connectivity index (χ4v) is 5.87. The van der Waals surface area contributed by atoms with E-state index in [4.69, 9.17) is 21.0 Å². The van der Waals surface area contributed by atoms with Crippen LogP contribution in [0.1, 0.15) is 77.4 Å². The lowest BCUT2D eigenvalue weighted by molar-refractivity contribution is 0.0965. The van der Waals surface area contributed by atoms with Gasteiger partial charge in [0.05, 0.1) is 5.56 Å². The maximum Gasteiger partial charge on any atom is 0.181 e. The third-order valence-electron chi connectivity index (χ3n) is 8.37. The van der Waals surface area contributed by atoms with Gasteiger partial charge in [-0.25, -0.2) is 4.98 Å². The smallest absolute Gasteiger partial charge is 0.181 e. The maximum absolute atomic E-state index is 13.7. The molecule has 0 amide bonds. The molecule has 2 heterocycles. The van der Waals surface area contributed by atoms with Gasteiger partial charge in [-0.1, -0.05) is 67.6 Å². The highest BCUT2D eigenvalue weighted by Crippen LogP contribution is 2.50. The number of rotatable bonds is 10. The Kier molecular flexibility index (Phi) is 7.49. The second-order valence-electron chi connectivity index (χ2n) is 11.2. The van der Waals surface area contributed by atoms with Crippen LogP contribution in [0.2, 0.25) is 5.02 Å². The molecule has 0 spiro atoms. The average molecular weight is 590 g/mol. The predicted octanol–water partition coefficient (Wildman–Crippen LogP) is 9.33. The lowest BCUT2D eigenvalue weighted by atomic mass is 9.91.